The average Bonchev–Trinajstić information content (AvgIpc) is 2.75. The van der Waals surface area contributed by atoms with Crippen molar-refractivity contribution < 1.29 is 32.1 Å². The van der Waals surface area contributed by atoms with E-state index < -0.39 is 37.8 Å². The van der Waals surface area contributed by atoms with Crippen LogP contribution >= 0.6 is 7.82 Å². The molecule has 1 N–H and O–H groups in total. The van der Waals surface area contributed by atoms with Gasteiger partial charge in [0.2, 0.25) is 0 Å². The summed E-state index contributed by atoms with van der Waals surface area (Å²) < 4.78 is 50.3. The van der Waals surface area contributed by atoms with Crippen LogP contribution in [0.4, 0.5) is 9.18 Å². The third kappa shape index (κ3) is 10.0. The van der Waals surface area contributed by atoms with Crippen LogP contribution in [0.15, 0.2) is 60.7 Å². The minimum absolute atomic E-state index is 0.0455. The Hall–Kier alpha value is -2.25. The molecular weight excluding hydrogens is 448 g/mol. The van der Waals surface area contributed by atoms with Gasteiger partial charge in [-0.15, -0.1) is 0 Å². The number of alkyl halides is 1. The molecule has 0 bridgehead atoms. The number of benzene rings is 2. The van der Waals surface area contributed by atoms with Crippen LogP contribution in [0, 0.1) is 0 Å². The minimum atomic E-state index is -4.19. The Morgan fingerprint density at radius 1 is 0.909 bits per heavy atom. The summed E-state index contributed by atoms with van der Waals surface area (Å²) in [6, 6.07) is 18.2. The molecule has 182 valence electrons. The molecule has 1 atom stereocenters. The predicted octanol–water partition coefficient (Wildman–Crippen LogP) is 6.19. The van der Waals surface area contributed by atoms with Crippen molar-refractivity contribution >= 4 is 13.9 Å². The highest BCUT2D eigenvalue weighted by Gasteiger charge is 2.41. The van der Waals surface area contributed by atoms with E-state index in [-0.39, 0.29) is 13.2 Å². The van der Waals surface area contributed by atoms with Crippen molar-refractivity contribution in [2.24, 2.45) is 0 Å². The van der Waals surface area contributed by atoms with E-state index in [1.54, 1.807) is 45.0 Å². The van der Waals surface area contributed by atoms with Gasteiger partial charge in [-0.2, -0.15) is 0 Å². The molecule has 1 unspecified atom stereocenters. The largest absolute Gasteiger partial charge is 0.476 e. The lowest BCUT2D eigenvalue weighted by molar-refractivity contribution is -0.0234. The highest BCUT2D eigenvalue weighted by Crippen LogP contribution is 2.54. The number of amides is 1. The Balaban J connectivity index is 2.06. The number of hydrogen-bond acceptors (Lipinski definition) is 6. The molecular formula is C24H33FNO6P. The molecule has 0 aliphatic rings. The number of alkyl carbamates (subject to hydrolysis) is 1. The number of carbonyl (C=O) groups excluding carboxylic acids is 1. The van der Waals surface area contributed by atoms with Gasteiger partial charge in [0.1, 0.15) is 17.4 Å². The van der Waals surface area contributed by atoms with Gasteiger partial charge < -0.3 is 10.1 Å². The number of hydrogen-bond donors (Lipinski definition) is 1. The van der Waals surface area contributed by atoms with Crippen molar-refractivity contribution in [3.05, 3.63) is 71.8 Å². The average molecular weight is 482 g/mol. The number of carbonyl (C=O) groups is 1. The molecule has 9 heteroatoms. The second kappa shape index (κ2) is 11.7. The third-order valence-corrected chi connectivity index (χ3v) is 5.98. The second-order valence-electron chi connectivity index (χ2n) is 9.01. The van der Waals surface area contributed by atoms with Crippen LogP contribution < -0.4 is 5.32 Å². The monoisotopic (exact) mass is 481 g/mol. The Labute approximate surface area is 195 Å². The molecule has 0 spiro atoms. The summed E-state index contributed by atoms with van der Waals surface area (Å²) in [7, 11) is -4.19. The topological polar surface area (TPSA) is 83.1 Å². The summed E-state index contributed by atoms with van der Waals surface area (Å²) in [4.78, 5) is 11.8. The summed E-state index contributed by atoms with van der Waals surface area (Å²) in [6.07, 6.45) is -2.48. The van der Waals surface area contributed by atoms with Crippen molar-refractivity contribution in [3.8, 4) is 0 Å². The molecule has 7 nitrogen and oxygen atoms in total. The fraction of sp³-hybridized carbons (Fsp3) is 0.458. The summed E-state index contributed by atoms with van der Waals surface area (Å²) in [5.74, 6) is 0. The first kappa shape index (κ1) is 27.0. The van der Waals surface area contributed by atoms with E-state index in [9.17, 15) is 9.36 Å². The van der Waals surface area contributed by atoms with Crippen LogP contribution in [-0.2, 0) is 36.1 Å². The summed E-state index contributed by atoms with van der Waals surface area (Å²) in [5, 5.41) is 2.36. The van der Waals surface area contributed by atoms with Gasteiger partial charge in [0.05, 0.1) is 19.8 Å². The molecule has 0 aliphatic carbocycles. The highest BCUT2D eigenvalue weighted by atomic mass is 31.2. The normalized spacial score (nSPS) is 13.4. The Bertz CT molecular complexity index is 870. The summed E-state index contributed by atoms with van der Waals surface area (Å²) in [6.45, 7) is 7.45. The predicted molar refractivity (Wildman–Crippen MR) is 124 cm³/mol. The van der Waals surface area contributed by atoms with E-state index in [0.29, 0.717) is 0 Å². The van der Waals surface area contributed by atoms with Crippen molar-refractivity contribution in [3.63, 3.8) is 0 Å². The van der Waals surface area contributed by atoms with Gasteiger partial charge in [-0.3, -0.25) is 13.6 Å². The quantitative estimate of drug-likeness (QED) is 0.386. The minimum Gasteiger partial charge on any atom is -0.444 e. The van der Waals surface area contributed by atoms with Crippen LogP contribution in [0.5, 0.6) is 0 Å². The zero-order valence-corrected chi connectivity index (χ0v) is 20.6. The van der Waals surface area contributed by atoms with Crippen LogP contribution in [0.25, 0.3) is 0 Å². The number of phosphoric ester groups is 1. The fourth-order valence-corrected chi connectivity index (χ4v) is 4.11. The molecule has 0 aliphatic heterocycles. The molecule has 0 radical (unpaired) electrons. The van der Waals surface area contributed by atoms with E-state index in [2.05, 4.69) is 5.32 Å². The lowest BCUT2D eigenvalue weighted by atomic mass is 10.0. The Morgan fingerprint density at radius 2 is 1.36 bits per heavy atom. The maximum atomic E-state index is 15.0. The number of halogens is 1. The Morgan fingerprint density at radius 3 is 1.79 bits per heavy atom. The van der Waals surface area contributed by atoms with Crippen LogP contribution in [-0.4, -0.2) is 30.0 Å². The van der Waals surface area contributed by atoms with Crippen molar-refractivity contribution in [1.29, 1.82) is 0 Å². The van der Waals surface area contributed by atoms with Crippen molar-refractivity contribution in [2.75, 3.05) is 6.54 Å². The first-order valence-corrected chi connectivity index (χ1v) is 12.1. The maximum Gasteiger partial charge on any atom is 0.476 e. The van der Waals surface area contributed by atoms with E-state index in [1.165, 1.54) is 13.8 Å². The van der Waals surface area contributed by atoms with Crippen LogP contribution in [0.2, 0.25) is 0 Å². The maximum absolute atomic E-state index is 15.0. The molecule has 0 saturated carbocycles. The number of rotatable bonds is 11. The lowest BCUT2D eigenvalue weighted by Gasteiger charge is -2.32. The van der Waals surface area contributed by atoms with Crippen LogP contribution in [0.1, 0.15) is 45.7 Å². The molecule has 2 aromatic rings. The van der Waals surface area contributed by atoms with Crippen molar-refractivity contribution in [2.45, 2.75) is 65.2 Å². The van der Waals surface area contributed by atoms with Gasteiger partial charge >= 0.3 is 13.9 Å². The molecule has 0 heterocycles. The molecule has 2 aromatic carbocycles. The van der Waals surface area contributed by atoms with Crippen LogP contribution in [0.3, 0.4) is 0 Å². The van der Waals surface area contributed by atoms with Gasteiger partial charge in [0.25, 0.3) is 0 Å². The van der Waals surface area contributed by atoms with Gasteiger partial charge in [-0.1, -0.05) is 60.7 Å². The zero-order valence-electron chi connectivity index (χ0n) is 19.7. The number of nitrogens with one attached hydrogen (secondary N) is 1. The molecule has 2 rings (SSSR count). The van der Waals surface area contributed by atoms with E-state index in [1.807, 2.05) is 36.4 Å². The summed E-state index contributed by atoms with van der Waals surface area (Å²) in [5.41, 5.74) is -0.803. The van der Waals surface area contributed by atoms with E-state index in [0.717, 1.165) is 11.1 Å². The van der Waals surface area contributed by atoms with Gasteiger partial charge in [-0.25, -0.2) is 13.8 Å². The zero-order chi connectivity index (χ0) is 24.5. The highest BCUT2D eigenvalue weighted by molar-refractivity contribution is 7.48. The van der Waals surface area contributed by atoms with E-state index >= 15 is 4.39 Å². The van der Waals surface area contributed by atoms with Gasteiger partial charge in [-0.05, 0) is 45.7 Å². The molecule has 1 amide bonds. The summed E-state index contributed by atoms with van der Waals surface area (Å²) >= 11 is 0. The number of ether oxygens (including phenoxy) is 1. The molecule has 0 saturated heterocycles. The first-order chi connectivity index (χ1) is 15.4. The van der Waals surface area contributed by atoms with Gasteiger partial charge in [0.15, 0.2) is 0 Å². The fourth-order valence-electron chi connectivity index (χ4n) is 2.62. The molecule has 0 aromatic heterocycles. The first-order valence-electron chi connectivity index (χ1n) is 10.7. The van der Waals surface area contributed by atoms with Crippen molar-refractivity contribution in [1.82, 2.24) is 5.32 Å². The standard InChI is InChI=1S/C24H33FNO6P/c1-23(2,3)31-22(27)26-16-21(25)24(4,5)32-33(28,29-17-19-12-8-6-9-13-19)30-18-20-14-10-7-11-15-20/h6-15,21H,16-18H2,1-5H3,(H,26,27). The lowest BCUT2D eigenvalue weighted by Crippen LogP contribution is -2.44. The van der Waals surface area contributed by atoms with E-state index in [4.69, 9.17) is 18.3 Å². The molecule has 0 fully saturated rings. The smallest absolute Gasteiger partial charge is 0.444 e. The number of phosphoric acid groups is 1. The van der Waals surface area contributed by atoms with Gasteiger partial charge in [0, 0.05) is 0 Å². The SMILES string of the molecule is CC(C)(C)OC(=O)NCC(F)C(C)(C)OP(=O)(OCc1ccccc1)OCc1ccccc1. The second-order valence-corrected chi connectivity index (χ2v) is 10.6. The third-order valence-electron chi connectivity index (χ3n) is 4.39. The molecule has 33 heavy (non-hydrogen) atoms. The Kier molecular flexibility index (Phi) is 9.61.